The van der Waals surface area contributed by atoms with Gasteiger partial charge in [0.1, 0.15) is 0 Å². The molecule has 0 radical (unpaired) electrons. The minimum atomic E-state index is -0.195. The Morgan fingerprint density at radius 3 is 0.543 bits per heavy atom. The van der Waals surface area contributed by atoms with Crippen molar-refractivity contribution in [3.63, 3.8) is 0 Å². The SMILES string of the molecule is c1ccc([Se]P([Se]c2ccccc2)C(P([Se]c2ccccc2)[Se]c2ccccc2)P([Se]c2ccccc2)[Se]c2ccccc2)cc1. The van der Waals surface area contributed by atoms with Gasteiger partial charge in [0.2, 0.25) is 0 Å². The molecule has 0 unspecified atom stereocenters. The molecule has 0 nitrogen and oxygen atoms in total. The van der Waals surface area contributed by atoms with Crippen LogP contribution < -0.4 is 26.8 Å². The molecule has 0 heterocycles. The summed E-state index contributed by atoms with van der Waals surface area (Å²) in [6.07, 6.45) is 0. The molecule has 6 aromatic rings. The first-order valence-electron chi connectivity index (χ1n) is 14.6. The predicted molar refractivity (Wildman–Crippen MR) is 216 cm³/mol. The Bertz CT molecular complexity index is 1370. The van der Waals surface area contributed by atoms with Crippen LogP contribution in [-0.4, -0.2) is 92.2 Å². The van der Waals surface area contributed by atoms with Crippen molar-refractivity contribution in [2.24, 2.45) is 0 Å². The Kier molecular flexibility index (Phi) is 15.3. The van der Waals surface area contributed by atoms with Crippen LogP contribution in [0.4, 0.5) is 0 Å². The minimum absolute atomic E-state index is 0.195. The van der Waals surface area contributed by atoms with E-state index in [1.165, 1.54) is 0 Å². The second-order valence-electron chi connectivity index (χ2n) is 9.63. The Morgan fingerprint density at radius 2 is 0.391 bits per heavy atom. The molecule has 0 fully saturated rings. The molecule has 0 aromatic heterocycles. The summed E-state index contributed by atoms with van der Waals surface area (Å²) in [5.74, 6) is 0. The van der Waals surface area contributed by atoms with E-state index < -0.39 is 0 Å². The van der Waals surface area contributed by atoms with E-state index in [-0.39, 0.29) is 15.9 Å². The van der Waals surface area contributed by atoms with E-state index in [0.717, 1.165) is 5.14 Å². The third-order valence-electron chi connectivity index (χ3n) is 6.20. The van der Waals surface area contributed by atoms with Gasteiger partial charge in [-0.05, 0) is 0 Å². The van der Waals surface area contributed by atoms with E-state index >= 15 is 0 Å². The monoisotopic (exact) mass is 1050 g/mol. The molecule has 0 bridgehead atoms. The van der Waals surface area contributed by atoms with E-state index in [2.05, 4.69) is 182 Å². The third-order valence-corrected chi connectivity index (χ3v) is 67.2. The maximum absolute atomic E-state index is 2.42. The summed E-state index contributed by atoms with van der Waals surface area (Å²) in [6.45, 7) is 0. The third kappa shape index (κ3) is 11.4. The fourth-order valence-electron chi connectivity index (χ4n) is 4.08. The zero-order valence-electron chi connectivity index (χ0n) is 24.7. The van der Waals surface area contributed by atoms with Crippen molar-refractivity contribution in [2.75, 3.05) is 0 Å². The van der Waals surface area contributed by atoms with Gasteiger partial charge in [0, 0.05) is 0 Å². The molecule has 0 saturated heterocycles. The van der Waals surface area contributed by atoms with Gasteiger partial charge < -0.3 is 0 Å². The van der Waals surface area contributed by atoms with E-state index in [4.69, 9.17) is 0 Å². The Hall–Kier alpha value is -0.273. The first-order chi connectivity index (χ1) is 22.8. The van der Waals surface area contributed by atoms with Crippen molar-refractivity contribution >= 4 is 130 Å². The summed E-state index contributed by atoms with van der Waals surface area (Å²) in [5.41, 5.74) is 0. The molecule has 0 aliphatic rings. The quantitative estimate of drug-likeness (QED) is 0.0959. The van der Waals surface area contributed by atoms with Crippen molar-refractivity contribution in [3.8, 4) is 0 Å². The maximum atomic E-state index is 2.42. The first kappa shape index (κ1) is 35.5. The van der Waals surface area contributed by atoms with Crippen molar-refractivity contribution in [2.45, 2.75) is 5.14 Å². The van der Waals surface area contributed by atoms with Gasteiger partial charge in [-0.1, -0.05) is 0 Å². The molecular formula is C37H31P3Se6. The fraction of sp³-hybridized carbons (Fsp3) is 0.0270. The normalized spacial score (nSPS) is 11.5. The van der Waals surface area contributed by atoms with Crippen LogP contribution in [0.25, 0.3) is 0 Å². The summed E-state index contributed by atoms with van der Waals surface area (Å²) in [6, 6.07) is 69.4. The zero-order valence-corrected chi connectivity index (χ0v) is 37.7. The molecule has 6 aromatic carbocycles. The molecular weight excluding hydrogens is 1010 g/mol. The number of rotatable bonds is 15. The zero-order chi connectivity index (χ0) is 31.2. The number of benzene rings is 6. The van der Waals surface area contributed by atoms with Gasteiger partial charge in [0.25, 0.3) is 0 Å². The average molecular weight is 1040 g/mol. The van der Waals surface area contributed by atoms with Crippen LogP contribution in [0.15, 0.2) is 182 Å². The van der Waals surface area contributed by atoms with Crippen LogP contribution in [0.2, 0.25) is 0 Å². The van der Waals surface area contributed by atoms with Gasteiger partial charge in [0.05, 0.1) is 0 Å². The molecule has 46 heavy (non-hydrogen) atoms. The standard InChI is InChI=1S/C37H31P3Se6/c1-7-19-31(20-8-1)41-38(42-32-21-9-2-10-22-32)37(39(43-33-23-11-3-12-24-33)44-34-25-13-4-14-26-34)40(45-35-27-15-5-16-28-35)46-36-29-17-6-18-30-36/h1-30,37H. The van der Waals surface area contributed by atoms with Crippen LogP contribution in [0.5, 0.6) is 0 Å². The van der Waals surface area contributed by atoms with E-state index in [1.807, 2.05) is 0 Å². The molecule has 0 atom stereocenters. The summed E-state index contributed by atoms with van der Waals surface area (Å²) < 4.78 is 9.54. The molecule has 0 saturated carbocycles. The molecule has 0 N–H and O–H groups in total. The molecule has 0 aliphatic heterocycles. The Labute approximate surface area is 313 Å². The van der Waals surface area contributed by atoms with Crippen molar-refractivity contribution < 1.29 is 0 Å². The molecule has 0 spiro atoms. The molecule has 0 amide bonds. The summed E-state index contributed by atoms with van der Waals surface area (Å²) in [4.78, 5) is 0. The van der Waals surface area contributed by atoms with Gasteiger partial charge in [-0.25, -0.2) is 0 Å². The second-order valence-corrected chi connectivity index (χ2v) is 53.4. The molecule has 9 heteroatoms. The number of hydrogen-bond acceptors (Lipinski definition) is 0. The van der Waals surface area contributed by atoms with Crippen LogP contribution in [0, 0.1) is 0 Å². The van der Waals surface area contributed by atoms with E-state index in [1.54, 1.807) is 26.8 Å². The summed E-state index contributed by atoms with van der Waals surface area (Å²) in [7, 11) is 0. The van der Waals surface area contributed by atoms with Gasteiger partial charge in [-0.2, -0.15) is 0 Å². The van der Waals surface area contributed by atoms with Gasteiger partial charge in [0.15, 0.2) is 0 Å². The van der Waals surface area contributed by atoms with E-state index in [0.29, 0.717) is 87.1 Å². The van der Waals surface area contributed by atoms with Crippen molar-refractivity contribution in [3.05, 3.63) is 182 Å². The Balaban J connectivity index is 1.50. The summed E-state index contributed by atoms with van der Waals surface area (Å²) >= 11 is 2.82. The van der Waals surface area contributed by atoms with Crippen molar-refractivity contribution in [1.82, 2.24) is 0 Å². The first-order valence-corrected chi connectivity index (χ1v) is 37.2. The van der Waals surface area contributed by atoms with Crippen molar-refractivity contribution in [1.29, 1.82) is 0 Å². The van der Waals surface area contributed by atoms with Crippen LogP contribution in [0.3, 0.4) is 0 Å². The van der Waals surface area contributed by atoms with Crippen LogP contribution in [0.1, 0.15) is 0 Å². The molecule has 0 aliphatic carbocycles. The van der Waals surface area contributed by atoms with Gasteiger partial charge in [-0.3, -0.25) is 0 Å². The van der Waals surface area contributed by atoms with Crippen LogP contribution >= 0.6 is 15.9 Å². The molecule has 6 rings (SSSR count). The van der Waals surface area contributed by atoms with E-state index in [9.17, 15) is 0 Å². The summed E-state index contributed by atoms with van der Waals surface area (Å²) in [5, 5.41) is 0.249. The number of hydrogen-bond donors (Lipinski definition) is 0. The predicted octanol–water partition coefficient (Wildman–Crippen LogP) is 5.38. The van der Waals surface area contributed by atoms with Crippen LogP contribution in [-0.2, 0) is 0 Å². The second kappa shape index (κ2) is 19.8. The topological polar surface area (TPSA) is 0 Å². The Morgan fingerprint density at radius 1 is 0.239 bits per heavy atom. The average Bonchev–Trinajstić information content (AvgIpc) is 3.11. The van der Waals surface area contributed by atoms with Gasteiger partial charge >= 0.3 is 317 Å². The fourth-order valence-corrected chi connectivity index (χ4v) is 111. The van der Waals surface area contributed by atoms with Gasteiger partial charge in [-0.15, -0.1) is 0 Å². The molecule has 230 valence electrons.